The maximum Gasteiger partial charge on any atom is 0.0168 e. The molecule has 0 spiro atoms. The van der Waals surface area contributed by atoms with Crippen LogP contribution in [0.15, 0.2) is 24.3 Å². The van der Waals surface area contributed by atoms with Gasteiger partial charge in [0.05, 0.1) is 0 Å². The molecule has 2 fully saturated rings. The van der Waals surface area contributed by atoms with Gasteiger partial charge < -0.3 is 10.6 Å². The Morgan fingerprint density at radius 3 is 2.25 bits per heavy atom. The van der Waals surface area contributed by atoms with Gasteiger partial charge in [-0.25, -0.2) is 0 Å². The summed E-state index contributed by atoms with van der Waals surface area (Å²) in [4.78, 5) is 0. The molecule has 1 aromatic rings. The van der Waals surface area contributed by atoms with Crippen molar-refractivity contribution in [3.05, 3.63) is 35.4 Å². The fourth-order valence-corrected chi connectivity index (χ4v) is 4.23. The predicted molar refractivity (Wildman–Crippen MR) is 104 cm³/mol. The lowest BCUT2D eigenvalue weighted by molar-refractivity contribution is 0.228. The SMILES string of the molecule is CC(C)(C)NC1CCC1c1cccc(CC(C)(C)NC2CCC2)c1. The van der Waals surface area contributed by atoms with Crippen molar-refractivity contribution < 1.29 is 0 Å². The van der Waals surface area contributed by atoms with E-state index in [-0.39, 0.29) is 11.1 Å². The molecule has 0 saturated heterocycles. The van der Waals surface area contributed by atoms with Crippen LogP contribution in [0.4, 0.5) is 0 Å². The Bertz CT molecular complexity index is 551. The number of hydrogen-bond acceptors (Lipinski definition) is 2. The molecule has 2 atom stereocenters. The zero-order chi connectivity index (χ0) is 17.4. The summed E-state index contributed by atoms with van der Waals surface area (Å²) in [6.45, 7) is 11.5. The molecule has 0 bridgehead atoms. The summed E-state index contributed by atoms with van der Waals surface area (Å²) in [5.41, 5.74) is 3.40. The molecule has 0 heterocycles. The Balaban J connectivity index is 1.63. The molecule has 1 aromatic carbocycles. The summed E-state index contributed by atoms with van der Waals surface area (Å²) in [5, 5.41) is 7.65. The summed E-state index contributed by atoms with van der Waals surface area (Å²) >= 11 is 0. The minimum absolute atomic E-state index is 0.187. The van der Waals surface area contributed by atoms with Gasteiger partial charge >= 0.3 is 0 Å². The Labute approximate surface area is 148 Å². The van der Waals surface area contributed by atoms with E-state index in [1.807, 2.05) is 0 Å². The summed E-state index contributed by atoms with van der Waals surface area (Å²) in [6, 6.07) is 10.7. The molecular formula is C22H36N2. The fraction of sp³-hybridized carbons (Fsp3) is 0.727. The first-order valence-corrected chi connectivity index (χ1v) is 9.86. The number of hydrogen-bond donors (Lipinski definition) is 2. The first kappa shape index (κ1) is 17.9. The molecule has 0 aromatic heterocycles. The summed E-state index contributed by atoms with van der Waals surface area (Å²) < 4.78 is 0. The van der Waals surface area contributed by atoms with Gasteiger partial charge in [0.2, 0.25) is 0 Å². The van der Waals surface area contributed by atoms with Crippen molar-refractivity contribution in [1.82, 2.24) is 10.6 Å². The molecule has 2 N–H and O–H groups in total. The predicted octanol–water partition coefficient (Wildman–Crippen LogP) is 4.78. The zero-order valence-electron chi connectivity index (χ0n) is 16.3. The minimum atomic E-state index is 0.187. The van der Waals surface area contributed by atoms with Crippen molar-refractivity contribution in [2.75, 3.05) is 0 Å². The fourth-order valence-electron chi connectivity index (χ4n) is 4.23. The van der Waals surface area contributed by atoms with Gasteiger partial charge in [0.25, 0.3) is 0 Å². The van der Waals surface area contributed by atoms with E-state index in [4.69, 9.17) is 0 Å². The Morgan fingerprint density at radius 2 is 1.71 bits per heavy atom. The van der Waals surface area contributed by atoms with Gasteiger partial charge in [-0.1, -0.05) is 30.7 Å². The van der Waals surface area contributed by atoms with Crippen molar-refractivity contribution >= 4 is 0 Å². The van der Waals surface area contributed by atoms with Crippen molar-refractivity contribution in [2.45, 2.75) is 102 Å². The lowest BCUT2D eigenvalue weighted by atomic mass is 9.73. The minimum Gasteiger partial charge on any atom is -0.309 e. The number of benzene rings is 1. The largest absolute Gasteiger partial charge is 0.309 e. The van der Waals surface area contributed by atoms with Crippen LogP contribution in [0, 0.1) is 0 Å². The van der Waals surface area contributed by atoms with E-state index in [1.54, 1.807) is 0 Å². The number of rotatable bonds is 6. The van der Waals surface area contributed by atoms with Gasteiger partial charge in [0, 0.05) is 23.2 Å². The molecule has 0 amide bonds. The van der Waals surface area contributed by atoms with Crippen molar-refractivity contribution in [3.8, 4) is 0 Å². The second kappa shape index (κ2) is 6.80. The van der Waals surface area contributed by atoms with E-state index >= 15 is 0 Å². The van der Waals surface area contributed by atoms with E-state index in [0.29, 0.717) is 12.0 Å². The molecular weight excluding hydrogens is 292 g/mol. The summed E-state index contributed by atoms with van der Waals surface area (Å²) in [7, 11) is 0. The second-order valence-corrected chi connectivity index (χ2v) is 9.76. The van der Waals surface area contributed by atoms with Crippen molar-refractivity contribution in [3.63, 3.8) is 0 Å². The highest BCUT2D eigenvalue weighted by atomic mass is 15.0. The van der Waals surface area contributed by atoms with Crippen LogP contribution >= 0.6 is 0 Å². The van der Waals surface area contributed by atoms with Crippen molar-refractivity contribution in [2.24, 2.45) is 0 Å². The third-order valence-electron chi connectivity index (χ3n) is 5.62. The van der Waals surface area contributed by atoms with Crippen LogP contribution in [0.5, 0.6) is 0 Å². The van der Waals surface area contributed by atoms with Gasteiger partial charge in [-0.05, 0) is 83.8 Å². The van der Waals surface area contributed by atoms with Crippen LogP contribution in [0.3, 0.4) is 0 Å². The van der Waals surface area contributed by atoms with E-state index < -0.39 is 0 Å². The maximum atomic E-state index is 3.85. The van der Waals surface area contributed by atoms with Crippen LogP contribution in [0.2, 0.25) is 0 Å². The van der Waals surface area contributed by atoms with E-state index in [2.05, 4.69) is 69.5 Å². The Morgan fingerprint density at radius 1 is 0.958 bits per heavy atom. The average Bonchev–Trinajstić information content (AvgIpc) is 2.38. The topological polar surface area (TPSA) is 24.1 Å². The highest BCUT2D eigenvalue weighted by molar-refractivity contribution is 5.30. The standard InChI is InChI=1S/C22H36N2/c1-21(2,3)24-20-13-12-19(20)17-9-6-8-16(14-17)15-22(4,5)23-18-10-7-11-18/h6,8-9,14,18-20,23-24H,7,10-13,15H2,1-5H3. The van der Waals surface area contributed by atoms with Gasteiger partial charge in [0.15, 0.2) is 0 Å². The highest BCUT2D eigenvalue weighted by Gasteiger charge is 2.34. The molecule has 2 heteroatoms. The first-order chi connectivity index (χ1) is 11.2. The molecule has 0 aliphatic heterocycles. The molecule has 2 nitrogen and oxygen atoms in total. The van der Waals surface area contributed by atoms with Crippen molar-refractivity contribution in [1.29, 1.82) is 0 Å². The molecule has 2 aliphatic carbocycles. The molecule has 0 radical (unpaired) electrons. The van der Waals surface area contributed by atoms with Crippen LogP contribution in [0.25, 0.3) is 0 Å². The van der Waals surface area contributed by atoms with Crippen LogP contribution in [-0.2, 0) is 6.42 Å². The average molecular weight is 329 g/mol. The van der Waals surface area contributed by atoms with E-state index in [9.17, 15) is 0 Å². The van der Waals surface area contributed by atoms with Crippen LogP contribution in [0.1, 0.15) is 83.8 Å². The van der Waals surface area contributed by atoms with E-state index in [1.165, 1.54) is 43.2 Å². The molecule has 2 aliphatic rings. The van der Waals surface area contributed by atoms with Crippen LogP contribution in [-0.4, -0.2) is 23.2 Å². The van der Waals surface area contributed by atoms with Gasteiger partial charge in [0.1, 0.15) is 0 Å². The number of nitrogens with one attached hydrogen (secondary N) is 2. The Kier molecular flexibility index (Phi) is 5.09. The highest BCUT2D eigenvalue weighted by Crippen LogP contribution is 2.38. The second-order valence-electron chi connectivity index (χ2n) is 9.76. The molecule has 134 valence electrons. The zero-order valence-corrected chi connectivity index (χ0v) is 16.3. The van der Waals surface area contributed by atoms with Gasteiger partial charge in [-0.15, -0.1) is 0 Å². The third-order valence-corrected chi connectivity index (χ3v) is 5.62. The molecule has 2 saturated carbocycles. The monoisotopic (exact) mass is 328 g/mol. The molecule has 2 unspecified atom stereocenters. The Hall–Kier alpha value is -0.860. The first-order valence-electron chi connectivity index (χ1n) is 9.86. The summed E-state index contributed by atoms with van der Waals surface area (Å²) in [6.07, 6.45) is 7.84. The maximum absolute atomic E-state index is 3.85. The summed E-state index contributed by atoms with van der Waals surface area (Å²) in [5.74, 6) is 0.687. The lowest BCUT2D eigenvalue weighted by Crippen LogP contribution is -2.51. The smallest absolute Gasteiger partial charge is 0.0168 e. The van der Waals surface area contributed by atoms with Gasteiger partial charge in [-0.2, -0.15) is 0 Å². The molecule has 24 heavy (non-hydrogen) atoms. The van der Waals surface area contributed by atoms with Gasteiger partial charge in [-0.3, -0.25) is 0 Å². The third kappa shape index (κ3) is 4.61. The van der Waals surface area contributed by atoms with E-state index in [0.717, 1.165) is 12.5 Å². The van der Waals surface area contributed by atoms with Crippen LogP contribution < -0.4 is 10.6 Å². The quantitative estimate of drug-likeness (QED) is 0.785. The normalized spacial score (nSPS) is 25.2. The lowest BCUT2D eigenvalue weighted by Gasteiger charge is -2.42. The molecule has 3 rings (SSSR count).